The van der Waals surface area contributed by atoms with Crippen LogP contribution >= 0.6 is 46.4 Å². The molecule has 0 N–H and O–H groups in total. The zero-order valence-electron chi connectivity index (χ0n) is 5.02. The first-order chi connectivity index (χ1) is 5.10. The first-order valence-electron chi connectivity index (χ1n) is 2.26. The highest BCUT2D eigenvalue weighted by atomic mass is 35.5. The van der Waals surface area contributed by atoms with Gasteiger partial charge in [-0.2, -0.15) is 13.2 Å². The molecule has 0 heterocycles. The molecular weight excluding hydrogens is 266 g/mol. The molecule has 0 spiro atoms. The van der Waals surface area contributed by atoms with E-state index in [1.807, 2.05) is 0 Å². The van der Waals surface area contributed by atoms with Gasteiger partial charge in [-0.1, -0.05) is 46.4 Å². The Kier molecular flexibility index (Phi) is 3.98. The molecule has 0 saturated carbocycles. The van der Waals surface area contributed by atoms with Crippen LogP contribution in [-0.4, -0.2) is 10.5 Å². The third kappa shape index (κ3) is 2.55. The standard InChI is InChI=1S/C4Cl4F4/c5-2(6)1(9)3(7,8)4(10,11)12. The van der Waals surface area contributed by atoms with E-state index in [4.69, 9.17) is 23.2 Å². The van der Waals surface area contributed by atoms with Gasteiger partial charge in [0.2, 0.25) is 0 Å². The van der Waals surface area contributed by atoms with Crippen molar-refractivity contribution in [3.8, 4) is 0 Å². The van der Waals surface area contributed by atoms with Gasteiger partial charge < -0.3 is 0 Å². The van der Waals surface area contributed by atoms with Gasteiger partial charge in [0.05, 0.1) is 0 Å². The lowest BCUT2D eigenvalue weighted by Gasteiger charge is -2.20. The maximum atomic E-state index is 12.4. The Balaban J connectivity index is 5.01. The Morgan fingerprint density at radius 1 is 1.00 bits per heavy atom. The number of halogens is 8. The number of hydrogen-bond donors (Lipinski definition) is 0. The molecule has 0 aromatic rings. The predicted octanol–water partition coefficient (Wildman–Crippen LogP) is 4.34. The van der Waals surface area contributed by atoms with Crippen molar-refractivity contribution >= 4 is 46.4 Å². The lowest BCUT2D eigenvalue weighted by atomic mass is 10.4. The second-order valence-electron chi connectivity index (χ2n) is 1.65. The molecule has 0 aliphatic rings. The zero-order valence-corrected chi connectivity index (χ0v) is 8.05. The minimum absolute atomic E-state index is 1.25. The average molecular weight is 266 g/mol. The summed E-state index contributed by atoms with van der Waals surface area (Å²) in [6.07, 6.45) is -5.17. The van der Waals surface area contributed by atoms with Gasteiger partial charge in [0, 0.05) is 0 Å². The van der Waals surface area contributed by atoms with Crippen molar-refractivity contribution in [3.05, 3.63) is 10.3 Å². The number of hydrogen-bond acceptors (Lipinski definition) is 0. The van der Waals surface area contributed by atoms with Crippen LogP contribution in [-0.2, 0) is 0 Å². The van der Waals surface area contributed by atoms with E-state index in [1.54, 1.807) is 0 Å². The van der Waals surface area contributed by atoms with E-state index in [1.165, 1.54) is 0 Å². The first kappa shape index (κ1) is 12.6. The minimum atomic E-state index is -5.17. The molecule has 0 atom stereocenters. The fourth-order valence-corrected chi connectivity index (χ4v) is 0.909. The summed E-state index contributed by atoms with van der Waals surface area (Å²) in [5.74, 6) is -2.04. The normalized spacial score (nSPS) is 13.0. The third-order valence-corrected chi connectivity index (χ3v) is 1.89. The molecular formula is C4Cl4F4. The van der Waals surface area contributed by atoms with Gasteiger partial charge in [-0.05, 0) is 0 Å². The van der Waals surface area contributed by atoms with Crippen molar-refractivity contribution in [2.75, 3.05) is 0 Å². The fourth-order valence-electron chi connectivity index (χ4n) is 0.243. The molecule has 0 radical (unpaired) electrons. The Labute approximate surface area is 85.0 Å². The molecule has 0 aliphatic carbocycles. The van der Waals surface area contributed by atoms with Gasteiger partial charge in [0.1, 0.15) is 4.49 Å². The molecule has 0 aliphatic heterocycles. The van der Waals surface area contributed by atoms with E-state index in [0.717, 1.165) is 0 Å². The van der Waals surface area contributed by atoms with Crippen molar-refractivity contribution in [1.29, 1.82) is 0 Å². The van der Waals surface area contributed by atoms with Crippen LogP contribution in [0.15, 0.2) is 10.3 Å². The van der Waals surface area contributed by atoms with E-state index in [2.05, 4.69) is 23.2 Å². The topological polar surface area (TPSA) is 0 Å². The molecule has 0 amide bonds. The third-order valence-electron chi connectivity index (χ3n) is 0.798. The van der Waals surface area contributed by atoms with Crippen LogP contribution < -0.4 is 0 Å². The van der Waals surface area contributed by atoms with Gasteiger partial charge in [-0.25, -0.2) is 4.39 Å². The Hall–Kier alpha value is 0.620. The number of alkyl halides is 5. The Morgan fingerprint density at radius 2 is 1.33 bits per heavy atom. The lowest BCUT2D eigenvalue weighted by molar-refractivity contribution is -0.136. The maximum Gasteiger partial charge on any atom is 0.428 e. The van der Waals surface area contributed by atoms with Crippen molar-refractivity contribution in [2.24, 2.45) is 0 Å². The van der Waals surface area contributed by atoms with Crippen molar-refractivity contribution in [2.45, 2.75) is 10.5 Å². The molecule has 0 rings (SSSR count). The zero-order chi connectivity index (χ0) is 10.2. The second-order valence-corrected chi connectivity index (χ2v) is 3.92. The fraction of sp³-hybridized carbons (Fsp3) is 0.500. The van der Waals surface area contributed by atoms with Crippen LogP contribution in [0, 0.1) is 0 Å². The van der Waals surface area contributed by atoms with Crippen LogP contribution in [0.2, 0.25) is 0 Å². The molecule has 8 heteroatoms. The van der Waals surface area contributed by atoms with Gasteiger partial charge in [0.15, 0.2) is 5.83 Å². The summed E-state index contributed by atoms with van der Waals surface area (Å²) in [5, 5.41) is 0. The summed E-state index contributed by atoms with van der Waals surface area (Å²) >= 11 is 18.6. The quantitative estimate of drug-likeness (QED) is 0.489. The molecule has 0 aromatic heterocycles. The average Bonchev–Trinajstić information content (AvgIpc) is 1.83. The highest BCUT2D eigenvalue weighted by Gasteiger charge is 2.57. The molecule has 12 heavy (non-hydrogen) atoms. The summed E-state index contributed by atoms with van der Waals surface area (Å²) in [4.78, 5) is 0. The lowest BCUT2D eigenvalue weighted by Crippen LogP contribution is -2.34. The SMILES string of the molecule is FC(=C(Cl)Cl)C(Cl)(Cl)C(F)(F)F. The Morgan fingerprint density at radius 3 is 1.42 bits per heavy atom. The predicted molar refractivity (Wildman–Crippen MR) is 40.3 cm³/mol. The van der Waals surface area contributed by atoms with Crippen LogP contribution in [0.1, 0.15) is 0 Å². The summed E-state index contributed by atoms with van der Waals surface area (Å²) in [5.41, 5.74) is 0. The molecule has 0 fully saturated rings. The highest BCUT2D eigenvalue weighted by molar-refractivity contribution is 6.58. The van der Waals surface area contributed by atoms with Gasteiger partial charge in [0.25, 0.3) is 4.33 Å². The smallest absolute Gasteiger partial charge is 0.205 e. The number of rotatable bonds is 1. The van der Waals surface area contributed by atoms with Gasteiger partial charge >= 0.3 is 6.18 Å². The maximum absolute atomic E-state index is 12.4. The first-order valence-corrected chi connectivity index (χ1v) is 3.77. The van der Waals surface area contributed by atoms with Crippen molar-refractivity contribution < 1.29 is 17.6 Å². The second kappa shape index (κ2) is 3.78. The van der Waals surface area contributed by atoms with E-state index in [0.29, 0.717) is 0 Å². The monoisotopic (exact) mass is 264 g/mol. The van der Waals surface area contributed by atoms with Crippen molar-refractivity contribution in [3.63, 3.8) is 0 Å². The van der Waals surface area contributed by atoms with E-state index in [9.17, 15) is 17.6 Å². The van der Waals surface area contributed by atoms with E-state index in [-0.39, 0.29) is 0 Å². The molecule has 72 valence electrons. The molecule has 0 unspecified atom stereocenters. The summed E-state index contributed by atoms with van der Waals surface area (Å²) in [6, 6.07) is 0. The van der Waals surface area contributed by atoms with Crippen molar-refractivity contribution in [1.82, 2.24) is 0 Å². The molecule has 0 aromatic carbocycles. The van der Waals surface area contributed by atoms with Crippen LogP contribution in [0.25, 0.3) is 0 Å². The highest BCUT2D eigenvalue weighted by Crippen LogP contribution is 2.47. The van der Waals surface area contributed by atoms with Crippen LogP contribution in [0.5, 0.6) is 0 Å². The van der Waals surface area contributed by atoms with Gasteiger partial charge in [-0.15, -0.1) is 0 Å². The Bertz CT molecular complexity index is 202. The van der Waals surface area contributed by atoms with Gasteiger partial charge in [-0.3, -0.25) is 0 Å². The molecule has 0 bridgehead atoms. The minimum Gasteiger partial charge on any atom is -0.205 e. The summed E-state index contributed by atoms with van der Waals surface area (Å²) in [7, 11) is 0. The largest absolute Gasteiger partial charge is 0.428 e. The van der Waals surface area contributed by atoms with E-state index < -0.39 is 20.8 Å². The summed E-state index contributed by atoms with van der Waals surface area (Å²) < 4.78 is 42.9. The van der Waals surface area contributed by atoms with Crippen LogP contribution in [0.4, 0.5) is 17.6 Å². The van der Waals surface area contributed by atoms with E-state index >= 15 is 0 Å². The van der Waals surface area contributed by atoms with Crippen LogP contribution in [0.3, 0.4) is 0 Å². The summed E-state index contributed by atoms with van der Waals surface area (Å²) in [6.45, 7) is 0. The molecule has 0 nitrogen and oxygen atoms in total. The molecule has 0 saturated heterocycles. The number of allylic oxidation sites excluding steroid dienone is 1.